The van der Waals surface area contributed by atoms with Gasteiger partial charge in [0.25, 0.3) is 5.91 Å². The van der Waals surface area contributed by atoms with E-state index in [9.17, 15) is 19.2 Å². The third-order valence-electron chi connectivity index (χ3n) is 2.94. The molecule has 0 spiro atoms. The molecule has 0 radical (unpaired) electrons. The molecule has 0 heterocycles. The Morgan fingerprint density at radius 1 is 1.17 bits per heavy atom. The zero-order valence-electron chi connectivity index (χ0n) is 12.6. The third-order valence-corrected chi connectivity index (χ3v) is 2.94. The van der Waals surface area contributed by atoms with E-state index in [4.69, 9.17) is 5.11 Å². The maximum atomic E-state index is 11.8. The normalized spacial score (nSPS) is 11.2. The van der Waals surface area contributed by atoms with E-state index in [0.717, 1.165) is 0 Å². The van der Waals surface area contributed by atoms with Gasteiger partial charge in [0.2, 0.25) is 5.91 Å². The predicted octanol–water partition coefficient (Wildman–Crippen LogP) is -0.0610. The number of ether oxygens (including phenoxy) is 1. The molecule has 1 atom stereocenters. The summed E-state index contributed by atoms with van der Waals surface area (Å²) in [5.74, 6) is -2.94. The van der Waals surface area contributed by atoms with E-state index in [-0.39, 0.29) is 19.4 Å². The van der Waals surface area contributed by atoms with Crippen LogP contribution in [0.4, 0.5) is 0 Å². The van der Waals surface area contributed by atoms with E-state index in [1.165, 1.54) is 7.11 Å². The standard InChI is InChI=1S/C15H18N2O6/c1-23-13(19)8-7-11(15(21)22)17-12(18)9-16-14(20)10-5-3-2-4-6-10/h2-6,11H,7-9H2,1H3,(H,16,20)(H,17,18)(H,21,22)/t11-/m1/s1. The molecule has 0 saturated carbocycles. The second-order valence-electron chi connectivity index (χ2n) is 4.62. The van der Waals surface area contributed by atoms with Crippen LogP contribution in [0.1, 0.15) is 23.2 Å². The highest BCUT2D eigenvalue weighted by atomic mass is 16.5. The average molecular weight is 322 g/mol. The molecular formula is C15H18N2O6. The van der Waals surface area contributed by atoms with Crippen molar-refractivity contribution in [3.8, 4) is 0 Å². The number of benzene rings is 1. The van der Waals surface area contributed by atoms with Crippen molar-refractivity contribution in [2.75, 3.05) is 13.7 Å². The molecule has 1 aromatic rings. The van der Waals surface area contributed by atoms with Gasteiger partial charge in [-0.3, -0.25) is 14.4 Å². The molecule has 0 aliphatic carbocycles. The van der Waals surface area contributed by atoms with Gasteiger partial charge in [0.1, 0.15) is 6.04 Å². The van der Waals surface area contributed by atoms with Crippen molar-refractivity contribution in [1.82, 2.24) is 10.6 Å². The lowest BCUT2D eigenvalue weighted by Gasteiger charge is -2.14. The highest BCUT2D eigenvalue weighted by Crippen LogP contribution is 2.00. The van der Waals surface area contributed by atoms with Crippen LogP contribution in [0.2, 0.25) is 0 Å². The van der Waals surface area contributed by atoms with Gasteiger partial charge < -0.3 is 20.5 Å². The molecule has 8 heteroatoms. The van der Waals surface area contributed by atoms with Gasteiger partial charge in [0.15, 0.2) is 0 Å². The van der Waals surface area contributed by atoms with Crippen LogP contribution in [0.15, 0.2) is 30.3 Å². The molecule has 0 saturated heterocycles. The van der Waals surface area contributed by atoms with Gasteiger partial charge in [0.05, 0.1) is 13.7 Å². The molecule has 0 aliphatic heterocycles. The van der Waals surface area contributed by atoms with E-state index in [2.05, 4.69) is 15.4 Å². The molecule has 1 aromatic carbocycles. The first-order chi connectivity index (χ1) is 10.9. The molecule has 1 rings (SSSR count). The second kappa shape index (κ2) is 9.19. The molecule has 2 amide bonds. The predicted molar refractivity (Wildman–Crippen MR) is 79.6 cm³/mol. The minimum atomic E-state index is -1.27. The summed E-state index contributed by atoms with van der Waals surface area (Å²) < 4.78 is 4.41. The monoisotopic (exact) mass is 322 g/mol. The van der Waals surface area contributed by atoms with Gasteiger partial charge in [-0.2, -0.15) is 0 Å². The number of hydrogen-bond donors (Lipinski definition) is 3. The largest absolute Gasteiger partial charge is 0.480 e. The molecule has 8 nitrogen and oxygen atoms in total. The van der Waals surface area contributed by atoms with Gasteiger partial charge in [-0.05, 0) is 18.6 Å². The fourth-order valence-corrected chi connectivity index (χ4v) is 1.72. The molecule has 0 bridgehead atoms. The first-order valence-corrected chi connectivity index (χ1v) is 6.86. The molecule has 0 aliphatic rings. The zero-order chi connectivity index (χ0) is 17.2. The number of hydrogen-bond acceptors (Lipinski definition) is 5. The summed E-state index contributed by atoms with van der Waals surface area (Å²) in [6, 6.07) is 7.07. The fraction of sp³-hybridized carbons (Fsp3) is 0.333. The lowest BCUT2D eigenvalue weighted by Crippen LogP contribution is -2.45. The molecule has 0 aromatic heterocycles. The SMILES string of the molecule is COC(=O)CC[C@@H](NC(=O)CNC(=O)c1ccccc1)C(=O)O. The summed E-state index contributed by atoms with van der Waals surface area (Å²) in [5.41, 5.74) is 0.390. The number of esters is 1. The van der Waals surface area contributed by atoms with Crippen LogP contribution < -0.4 is 10.6 Å². The molecule has 3 N–H and O–H groups in total. The maximum Gasteiger partial charge on any atom is 0.326 e. The van der Waals surface area contributed by atoms with E-state index in [1.54, 1.807) is 30.3 Å². The lowest BCUT2D eigenvalue weighted by atomic mass is 10.1. The number of aliphatic carboxylic acids is 1. The van der Waals surface area contributed by atoms with Gasteiger partial charge in [-0.15, -0.1) is 0 Å². The Hall–Kier alpha value is -2.90. The van der Waals surface area contributed by atoms with E-state index in [0.29, 0.717) is 5.56 Å². The van der Waals surface area contributed by atoms with Crippen LogP contribution >= 0.6 is 0 Å². The van der Waals surface area contributed by atoms with Crippen LogP contribution in [0, 0.1) is 0 Å². The summed E-state index contributed by atoms with van der Waals surface area (Å²) in [4.78, 5) is 45.5. The van der Waals surface area contributed by atoms with Crippen LogP contribution in [0.5, 0.6) is 0 Å². The van der Waals surface area contributed by atoms with Crippen LogP contribution in [0.3, 0.4) is 0 Å². The Morgan fingerprint density at radius 2 is 1.83 bits per heavy atom. The first-order valence-electron chi connectivity index (χ1n) is 6.86. The second-order valence-corrected chi connectivity index (χ2v) is 4.62. The maximum absolute atomic E-state index is 11.8. The Kier molecular flexibility index (Phi) is 7.25. The fourth-order valence-electron chi connectivity index (χ4n) is 1.72. The van der Waals surface area contributed by atoms with Gasteiger partial charge in [-0.25, -0.2) is 4.79 Å². The first kappa shape index (κ1) is 18.1. The van der Waals surface area contributed by atoms with Crippen molar-refractivity contribution in [3.63, 3.8) is 0 Å². The van der Waals surface area contributed by atoms with E-state index in [1.807, 2.05) is 0 Å². The number of nitrogens with one attached hydrogen (secondary N) is 2. The summed E-state index contributed by atoms with van der Waals surface area (Å²) in [5, 5.41) is 13.6. The minimum absolute atomic E-state index is 0.0968. The van der Waals surface area contributed by atoms with Gasteiger partial charge in [0, 0.05) is 12.0 Å². The molecule has 0 fully saturated rings. The number of carboxylic acid groups (broad SMARTS) is 1. The smallest absolute Gasteiger partial charge is 0.326 e. The van der Waals surface area contributed by atoms with E-state index < -0.39 is 29.8 Å². The van der Waals surface area contributed by atoms with Crippen molar-refractivity contribution in [2.45, 2.75) is 18.9 Å². The minimum Gasteiger partial charge on any atom is -0.480 e. The van der Waals surface area contributed by atoms with Crippen molar-refractivity contribution >= 4 is 23.8 Å². The Labute approximate surface area is 132 Å². The number of methoxy groups -OCH3 is 1. The quantitative estimate of drug-likeness (QED) is 0.576. The number of rotatable bonds is 8. The van der Waals surface area contributed by atoms with Gasteiger partial charge >= 0.3 is 11.9 Å². The molecular weight excluding hydrogens is 304 g/mol. The highest BCUT2D eigenvalue weighted by Gasteiger charge is 2.21. The number of amides is 2. The lowest BCUT2D eigenvalue weighted by molar-refractivity contribution is -0.144. The summed E-state index contributed by atoms with van der Waals surface area (Å²) in [6.45, 7) is -0.365. The average Bonchev–Trinajstić information content (AvgIpc) is 2.56. The van der Waals surface area contributed by atoms with Gasteiger partial charge in [-0.1, -0.05) is 18.2 Å². The molecule has 23 heavy (non-hydrogen) atoms. The van der Waals surface area contributed by atoms with Crippen molar-refractivity contribution in [2.24, 2.45) is 0 Å². The van der Waals surface area contributed by atoms with Crippen LogP contribution in [-0.4, -0.2) is 48.6 Å². The van der Waals surface area contributed by atoms with Crippen LogP contribution in [0.25, 0.3) is 0 Å². The topological polar surface area (TPSA) is 122 Å². The molecule has 124 valence electrons. The summed E-state index contributed by atoms with van der Waals surface area (Å²) >= 11 is 0. The van der Waals surface area contributed by atoms with Crippen molar-refractivity contribution in [1.29, 1.82) is 0 Å². The van der Waals surface area contributed by atoms with E-state index >= 15 is 0 Å². The number of carbonyl (C=O) groups is 4. The number of carboxylic acids is 1. The third kappa shape index (κ3) is 6.60. The summed E-state index contributed by atoms with van der Waals surface area (Å²) in [7, 11) is 1.19. The molecule has 0 unspecified atom stereocenters. The van der Waals surface area contributed by atoms with Crippen molar-refractivity contribution in [3.05, 3.63) is 35.9 Å². The Morgan fingerprint density at radius 3 is 2.39 bits per heavy atom. The zero-order valence-corrected chi connectivity index (χ0v) is 12.6. The van der Waals surface area contributed by atoms with Crippen molar-refractivity contribution < 1.29 is 29.0 Å². The summed E-state index contributed by atoms with van der Waals surface area (Å²) in [6.07, 6.45) is -0.232. The highest BCUT2D eigenvalue weighted by molar-refractivity contribution is 5.96. The van der Waals surface area contributed by atoms with Crippen LogP contribution in [-0.2, 0) is 19.1 Å². The Balaban J connectivity index is 2.45. The number of carbonyl (C=O) groups excluding carboxylic acids is 3. The Bertz CT molecular complexity index is 573.